The van der Waals surface area contributed by atoms with E-state index in [1.54, 1.807) is 35.9 Å². The van der Waals surface area contributed by atoms with Crippen molar-refractivity contribution in [2.24, 2.45) is 0 Å². The van der Waals surface area contributed by atoms with Crippen LogP contribution in [0.2, 0.25) is 0 Å². The number of halogens is 1. The second kappa shape index (κ2) is 8.07. The lowest BCUT2D eigenvalue weighted by Crippen LogP contribution is -2.23. The third kappa shape index (κ3) is 4.05. The van der Waals surface area contributed by atoms with Crippen LogP contribution in [-0.2, 0) is 13.2 Å². The summed E-state index contributed by atoms with van der Waals surface area (Å²) in [6, 6.07) is 9.75. The van der Waals surface area contributed by atoms with Crippen LogP contribution in [0.3, 0.4) is 0 Å². The van der Waals surface area contributed by atoms with Gasteiger partial charge in [0.2, 0.25) is 5.88 Å². The monoisotopic (exact) mass is 421 g/mol. The first-order valence-electron chi connectivity index (χ1n) is 9.66. The van der Waals surface area contributed by atoms with Gasteiger partial charge >= 0.3 is 5.69 Å². The molecule has 0 aliphatic carbocycles. The Morgan fingerprint density at radius 1 is 1.32 bits per heavy atom. The summed E-state index contributed by atoms with van der Waals surface area (Å²) in [6.45, 7) is 4.30. The van der Waals surface area contributed by atoms with Crippen molar-refractivity contribution in [2.45, 2.75) is 33.0 Å². The number of likely N-dealkylation sites (N-methyl/N-ethyl adjacent to an activating group) is 1. The number of rotatable bonds is 5. The Morgan fingerprint density at radius 2 is 2.13 bits per heavy atom. The summed E-state index contributed by atoms with van der Waals surface area (Å²) in [5.41, 5.74) is 0.753. The third-order valence-corrected chi connectivity index (χ3v) is 5.13. The highest BCUT2D eigenvalue weighted by atomic mass is 19.1. The summed E-state index contributed by atoms with van der Waals surface area (Å²) in [5, 5.41) is 9.47. The molecule has 31 heavy (non-hydrogen) atoms. The molecule has 158 valence electrons. The highest BCUT2D eigenvalue weighted by Crippen LogP contribution is 2.30. The van der Waals surface area contributed by atoms with Crippen LogP contribution in [-0.4, -0.2) is 27.6 Å². The highest BCUT2D eigenvalue weighted by molar-refractivity contribution is 5.49. The van der Waals surface area contributed by atoms with Crippen LogP contribution < -0.4 is 20.1 Å². The fourth-order valence-corrected chi connectivity index (χ4v) is 3.40. The lowest BCUT2D eigenvalue weighted by atomic mass is 10.1. The topological polar surface area (TPSA) is 93.3 Å². The number of fused-ring (bicyclic) bond motifs is 1. The first-order chi connectivity index (χ1) is 14.9. The first-order valence-corrected chi connectivity index (χ1v) is 9.66. The normalized spacial score (nSPS) is 14.8. The Morgan fingerprint density at radius 3 is 2.87 bits per heavy atom. The van der Waals surface area contributed by atoms with Crippen LogP contribution in [0.15, 0.2) is 41.3 Å². The Hall–Kier alpha value is -3.93. The minimum absolute atomic E-state index is 0.0311. The molecule has 0 saturated heterocycles. The molecule has 0 radical (unpaired) electrons. The summed E-state index contributed by atoms with van der Waals surface area (Å²) < 4.78 is 27.5. The molecule has 0 fully saturated rings. The molecule has 0 saturated carbocycles. The number of aryl methyl sites for hydroxylation is 1. The fraction of sp³-hybridized carbons (Fsp3) is 0.273. The molecule has 9 heteroatoms. The zero-order valence-electron chi connectivity index (χ0n) is 17.3. The SMILES string of the molecule is Cc1cc(Oc2c(F)cc(COc3cc4n(c(=O)n3)C[C@@H](C)N4C)cc2C#N)ccn1. The Labute approximate surface area is 178 Å². The largest absolute Gasteiger partial charge is 0.473 e. The number of ether oxygens (including phenoxy) is 2. The predicted molar refractivity (Wildman–Crippen MR) is 111 cm³/mol. The molecule has 1 aliphatic heterocycles. The molecular weight excluding hydrogens is 401 g/mol. The molecule has 3 heterocycles. The predicted octanol–water partition coefficient (Wildman–Crippen LogP) is 3.17. The van der Waals surface area contributed by atoms with Crippen LogP contribution in [0.4, 0.5) is 10.2 Å². The lowest BCUT2D eigenvalue weighted by Gasteiger charge is -2.16. The number of anilines is 1. The Bertz CT molecular complexity index is 1250. The molecule has 2 aromatic heterocycles. The molecule has 3 aromatic rings. The van der Waals surface area contributed by atoms with E-state index >= 15 is 0 Å². The number of hydrogen-bond acceptors (Lipinski definition) is 7. The molecule has 0 amide bonds. The summed E-state index contributed by atoms with van der Waals surface area (Å²) in [6.07, 6.45) is 1.54. The van der Waals surface area contributed by atoms with Gasteiger partial charge in [0, 0.05) is 43.7 Å². The van der Waals surface area contributed by atoms with Gasteiger partial charge in [-0.15, -0.1) is 0 Å². The Kier molecular flexibility index (Phi) is 5.29. The van der Waals surface area contributed by atoms with Crippen LogP contribution in [0.25, 0.3) is 0 Å². The lowest BCUT2D eigenvalue weighted by molar-refractivity contribution is 0.290. The van der Waals surface area contributed by atoms with E-state index in [1.165, 1.54) is 12.1 Å². The maximum absolute atomic E-state index is 14.7. The minimum Gasteiger partial charge on any atom is -0.473 e. The van der Waals surface area contributed by atoms with Crippen LogP contribution in [0, 0.1) is 24.1 Å². The van der Waals surface area contributed by atoms with E-state index in [0.29, 0.717) is 29.4 Å². The summed E-state index contributed by atoms with van der Waals surface area (Å²) in [5.74, 6) is 0.378. The second-order valence-corrected chi connectivity index (χ2v) is 7.40. The number of benzene rings is 1. The van der Waals surface area contributed by atoms with Gasteiger partial charge in [-0.1, -0.05) is 0 Å². The van der Waals surface area contributed by atoms with Crippen LogP contribution in [0.5, 0.6) is 17.4 Å². The molecule has 8 nitrogen and oxygen atoms in total. The third-order valence-electron chi connectivity index (χ3n) is 5.13. The molecule has 1 aromatic carbocycles. The van der Waals surface area contributed by atoms with E-state index in [0.717, 1.165) is 0 Å². The van der Waals surface area contributed by atoms with Crippen LogP contribution >= 0.6 is 0 Å². The molecule has 1 atom stereocenters. The molecule has 0 unspecified atom stereocenters. The van der Waals surface area contributed by atoms with Gasteiger partial charge < -0.3 is 14.4 Å². The summed E-state index contributed by atoms with van der Waals surface area (Å²) >= 11 is 0. The first kappa shape index (κ1) is 20.3. The van der Waals surface area contributed by atoms with Crippen molar-refractivity contribution >= 4 is 5.82 Å². The molecule has 1 aliphatic rings. The maximum Gasteiger partial charge on any atom is 0.352 e. The molecule has 4 rings (SSSR count). The molecule has 0 N–H and O–H groups in total. The van der Waals surface area contributed by atoms with E-state index < -0.39 is 11.5 Å². The average Bonchev–Trinajstić information content (AvgIpc) is 3.03. The quantitative estimate of drug-likeness (QED) is 0.625. The van der Waals surface area contributed by atoms with Crippen molar-refractivity contribution in [3.63, 3.8) is 0 Å². The van der Waals surface area contributed by atoms with Gasteiger partial charge in [-0.25, -0.2) is 9.18 Å². The number of nitriles is 1. The van der Waals surface area contributed by atoms with E-state index in [-0.39, 0.29) is 29.8 Å². The number of pyridine rings is 1. The molecule has 0 bridgehead atoms. The minimum atomic E-state index is -0.692. The van der Waals surface area contributed by atoms with E-state index in [4.69, 9.17) is 9.47 Å². The smallest absolute Gasteiger partial charge is 0.352 e. The van der Waals surface area contributed by atoms with Gasteiger partial charge in [-0.2, -0.15) is 10.2 Å². The van der Waals surface area contributed by atoms with Gasteiger partial charge in [0.05, 0.1) is 5.56 Å². The van der Waals surface area contributed by atoms with E-state index in [2.05, 4.69) is 9.97 Å². The number of aromatic nitrogens is 3. The van der Waals surface area contributed by atoms with Crippen LogP contribution in [0.1, 0.15) is 23.7 Å². The number of hydrogen-bond donors (Lipinski definition) is 0. The van der Waals surface area contributed by atoms with Gasteiger partial charge in [0.1, 0.15) is 24.2 Å². The van der Waals surface area contributed by atoms with Crippen molar-refractivity contribution in [1.82, 2.24) is 14.5 Å². The summed E-state index contributed by atoms with van der Waals surface area (Å²) in [4.78, 5) is 22.2. The number of nitrogens with zero attached hydrogens (tertiary/aromatic N) is 5. The zero-order valence-corrected chi connectivity index (χ0v) is 17.3. The van der Waals surface area contributed by atoms with Gasteiger partial charge in [0.15, 0.2) is 11.6 Å². The average molecular weight is 421 g/mol. The fourth-order valence-electron chi connectivity index (χ4n) is 3.40. The zero-order chi connectivity index (χ0) is 22.1. The second-order valence-electron chi connectivity index (χ2n) is 7.40. The van der Waals surface area contributed by atoms with Crippen molar-refractivity contribution in [3.8, 4) is 23.4 Å². The van der Waals surface area contributed by atoms with Crippen molar-refractivity contribution < 1.29 is 13.9 Å². The Balaban J connectivity index is 1.55. The maximum atomic E-state index is 14.7. The van der Waals surface area contributed by atoms with Crippen molar-refractivity contribution in [2.75, 3.05) is 11.9 Å². The molecular formula is C22H20FN5O3. The van der Waals surface area contributed by atoms with Gasteiger partial charge in [0.25, 0.3) is 0 Å². The highest BCUT2D eigenvalue weighted by Gasteiger charge is 2.25. The van der Waals surface area contributed by atoms with Gasteiger partial charge in [-0.3, -0.25) is 9.55 Å². The van der Waals surface area contributed by atoms with E-state index in [9.17, 15) is 14.4 Å². The van der Waals surface area contributed by atoms with Crippen molar-refractivity contribution in [1.29, 1.82) is 5.26 Å². The summed E-state index contributed by atoms with van der Waals surface area (Å²) in [7, 11) is 1.89. The van der Waals surface area contributed by atoms with Gasteiger partial charge in [-0.05, 0) is 37.6 Å². The molecule has 0 spiro atoms. The van der Waals surface area contributed by atoms with E-state index in [1.807, 2.05) is 24.9 Å². The van der Waals surface area contributed by atoms with Crippen molar-refractivity contribution in [3.05, 3.63) is 69.7 Å². The standard InChI is InChI=1S/C22H20FN5O3/c1-13-6-17(4-5-25-13)31-21-16(10-24)7-15(8-18(21)23)12-30-19-9-20-27(3)14(2)11-28(20)22(29)26-19/h4-9,14H,11-12H2,1-3H3/t14-/m1/s1.